The fourth-order valence-corrected chi connectivity index (χ4v) is 1.81. The van der Waals surface area contributed by atoms with Gasteiger partial charge < -0.3 is 5.10 Å². The molecule has 0 aliphatic rings. The molecule has 0 saturated carbocycles. The average molecular weight is 266 g/mol. The van der Waals surface area contributed by atoms with Gasteiger partial charge in [0.15, 0.2) is 0 Å². The second kappa shape index (κ2) is 5.60. The van der Waals surface area contributed by atoms with Gasteiger partial charge in [-0.15, -0.1) is 0 Å². The van der Waals surface area contributed by atoms with E-state index in [1.165, 1.54) is 18.3 Å². The maximum absolute atomic E-state index is 12.5. The van der Waals surface area contributed by atoms with E-state index in [9.17, 15) is 18.4 Å². The zero-order valence-electron chi connectivity index (χ0n) is 9.95. The number of aromatic nitrogens is 2. The van der Waals surface area contributed by atoms with Gasteiger partial charge in [0, 0.05) is 17.3 Å². The second-order valence-corrected chi connectivity index (χ2v) is 4.14. The summed E-state index contributed by atoms with van der Waals surface area (Å²) in [5, 5.41) is 4.65. The maximum atomic E-state index is 12.5. The van der Waals surface area contributed by atoms with Crippen molar-refractivity contribution in [3.05, 3.63) is 67.7 Å². The zero-order chi connectivity index (χ0) is 13.8. The molecular formula is C13H12F2N2O2. The predicted octanol–water partition coefficient (Wildman–Crippen LogP) is 1.79. The minimum Gasteiger partial charge on any atom is -0.305 e. The Morgan fingerprint density at radius 2 is 1.95 bits per heavy atom. The number of hydrogen-bond acceptors (Lipinski definition) is 2. The standard InChI is InChI=1S/C13H12F2N2O2/c14-12(15)9-3-1-2-8(6-9)4-5-10-7-16-17-13(19)11(10)18/h1-3,6-7,12H,4-5H2,(H,16,18)(H,17,19). The molecule has 2 aromatic rings. The van der Waals surface area contributed by atoms with Crippen molar-refractivity contribution in [2.45, 2.75) is 19.3 Å². The summed E-state index contributed by atoms with van der Waals surface area (Å²) in [6.45, 7) is 0. The van der Waals surface area contributed by atoms with Gasteiger partial charge in [-0.1, -0.05) is 24.3 Å². The Bertz CT molecular complexity index is 677. The molecule has 0 bridgehead atoms. The van der Waals surface area contributed by atoms with Gasteiger partial charge in [-0.25, -0.2) is 8.78 Å². The fraction of sp³-hybridized carbons (Fsp3) is 0.231. The van der Waals surface area contributed by atoms with Gasteiger partial charge in [-0.2, -0.15) is 0 Å². The van der Waals surface area contributed by atoms with Crippen LogP contribution in [0.15, 0.2) is 40.1 Å². The van der Waals surface area contributed by atoms with E-state index in [-0.39, 0.29) is 5.56 Å². The molecule has 6 heteroatoms. The highest BCUT2D eigenvalue weighted by molar-refractivity contribution is 5.25. The predicted molar refractivity (Wildman–Crippen MR) is 66.5 cm³/mol. The number of aryl methyl sites for hydroxylation is 2. The molecule has 2 rings (SSSR count). The number of nitrogens with one attached hydrogen (secondary N) is 2. The fourth-order valence-electron chi connectivity index (χ4n) is 1.81. The van der Waals surface area contributed by atoms with Crippen LogP contribution < -0.4 is 11.0 Å². The number of H-pyrrole nitrogens is 2. The lowest BCUT2D eigenvalue weighted by Crippen LogP contribution is -2.30. The average Bonchev–Trinajstić information content (AvgIpc) is 2.41. The molecule has 4 nitrogen and oxygen atoms in total. The molecule has 0 radical (unpaired) electrons. The summed E-state index contributed by atoms with van der Waals surface area (Å²) < 4.78 is 25.1. The largest absolute Gasteiger partial charge is 0.310 e. The Morgan fingerprint density at radius 3 is 2.68 bits per heavy atom. The summed E-state index contributed by atoms with van der Waals surface area (Å²) in [5.74, 6) is 0. The van der Waals surface area contributed by atoms with E-state index in [1.807, 2.05) is 0 Å². The van der Waals surface area contributed by atoms with Crippen LogP contribution in [0.25, 0.3) is 0 Å². The number of rotatable bonds is 4. The van der Waals surface area contributed by atoms with Crippen LogP contribution in [0.5, 0.6) is 0 Å². The molecule has 1 heterocycles. The minimum atomic E-state index is -2.51. The molecule has 0 spiro atoms. The van der Waals surface area contributed by atoms with Crippen LogP contribution in [-0.2, 0) is 12.8 Å². The second-order valence-electron chi connectivity index (χ2n) is 4.14. The van der Waals surface area contributed by atoms with Crippen molar-refractivity contribution >= 4 is 0 Å². The van der Waals surface area contributed by atoms with Gasteiger partial charge >= 0.3 is 5.56 Å². The zero-order valence-corrected chi connectivity index (χ0v) is 9.95. The van der Waals surface area contributed by atoms with Crippen molar-refractivity contribution < 1.29 is 8.78 Å². The van der Waals surface area contributed by atoms with E-state index in [1.54, 1.807) is 12.1 Å². The van der Waals surface area contributed by atoms with Gasteiger partial charge in [-0.3, -0.25) is 14.7 Å². The van der Waals surface area contributed by atoms with Crippen LogP contribution in [-0.4, -0.2) is 10.2 Å². The van der Waals surface area contributed by atoms with Crippen molar-refractivity contribution in [2.75, 3.05) is 0 Å². The smallest absolute Gasteiger partial charge is 0.305 e. The summed E-state index contributed by atoms with van der Waals surface area (Å²) >= 11 is 0. The first-order valence-corrected chi connectivity index (χ1v) is 5.74. The molecule has 0 atom stereocenters. The Hall–Kier alpha value is -2.24. The third-order valence-corrected chi connectivity index (χ3v) is 2.82. The van der Waals surface area contributed by atoms with Crippen molar-refractivity contribution in [1.82, 2.24) is 10.2 Å². The first-order valence-electron chi connectivity index (χ1n) is 5.74. The Morgan fingerprint density at radius 1 is 1.16 bits per heavy atom. The molecule has 1 aromatic heterocycles. The summed E-state index contributed by atoms with van der Waals surface area (Å²) in [6.07, 6.45) is -0.345. The van der Waals surface area contributed by atoms with Crippen molar-refractivity contribution in [1.29, 1.82) is 0 Å². The molecule has 0 amide bonds. The molecule has 100 valence electrons. The van der Waals surface area contributed by atoms with E-state index in [0.717, 1.165) is 0 Å². The molecule has 1 aromatic carbocycles. The van der Waals surface area contributed by atoms with Crippen LogP contribution in [0.1, 0.15) is 23.1 Å². The van der Waals surface area contributed by atoms with Gasteiger partial charge in [0.05, 0.1) is 0 Å². The molecule has 19 heavy (non-hydrogen) atoms. The van der Waals surface area contributed by atoms with E-state index < -0.39 is 17.4 Å². The lowest BCUT2D eigenvalue weighted by Gasteiger charge is -2.04. The lowest BCUT2D eigenvalue weighted by atomic mass is 10.0. The number of halogens is 2. The van der Waals surface area contributed by atoms with Crippen LogP contribution >= 0.6 is 0 Å². The van der Waals surface area contributed by atoms with Crippen molar-refractivity contribution in [3.63, 3.8) is 0 Å². The normalized spacial score (nSPS) is 10.9. The molecule has 0 aliphatic heterocycles. The van der Waals surface area contributed by atoms with Crippen molar-refractivity contribution in [3.8, 4) is 0 Å². The molecular weight excluding hydrogens is 254 g/mol. The van der Waals surface area contributed by atoms with Crippen LogP contribution in [0.2, 0.25) is 0 Å². The first kappa shape index (κ1) is 13.2. The Balaban J connectivity index is 2.15. The number of aromatic amines is 2. The third-order valence-electron chi connectivity index (χ3n) is 2.82. The molecule has 0 saturated heterocycles. The molecule has 0 fully saturated rings. The highest BCUT2D eigenvalue weighted by Crippen LogP contribution is 2.19. The van der Waals surface area contributed by atoms with Gasteiger partial charge in [-0.05, 0) is 18.4 Å². The maximum Gasteiger partial charge on any atom is 0.310 e. The number of benzene rings is 1. The van der Waals surface area contributed by atoms with E-state index >= 15 is 0 Å². The van der Waals surface area contributed by atoms with Crippen LogP contribution in [0, 0.1) is 0 Å². The Labute approximate surface area is 107 Å². The van der Waals surface area contributed by atoms with E-state index in [0.29, 0.717) is 24.0 Å². The van der Waals surface area contributed by atoms with E-state index in [4.69, 9.17) is 0 Å². The molecule has 2 N–H and O–H groups in total. The first-order chi connectivity index (χ1) is 9.08. The summed E-state index contributed by atoms with van der Waals surface area (Å²) in [6, 6.07) is 6.03. The van der Waals surface area contributed by atoms with Gasteiger partial charge in [0.2, 0.25) is 5.43 Å². The van der Waals surface area contributed by atoms with E-state index in [2.05, 4.69) is 10.2 Å². The van der Waals surface area contributed by atoms with Gasteiger partial charge in [0.25, 0.3) is 6.43 Å². The number of alkyl halides is 2. The topological polar surface area (TPSA) is 65.7 Å². The Kier molecular flexibility index (Phi) is 3.89. The summed E-state index contributed by atoms with van der Waals surface area (Å²) in [4.78, 5) is 22.6. The van der Waals surface area contributed by atoms with Crippen LogP contribution in [0.3, 0.4) is 0 Å². The van der Waals surface area contributed by atoms with Gasteiger partial charge in [0.1, 0.15) is 0 Å². The van der Waals surface area contributed by atoms with Crippen molar-refractivity contribution in [2.24, 2.45) is 0 Å². The third kappa shape index (κ3) is 3.15. The number of hydrogen-bond donors (Lipinski definition) is 2. The monoisotopic (exact) mass is 266 g/mol. The highest BCUT2D eigenvalue weighted by atomic mass is 19.3. The highest BCUT2D eigenvalue weighted by Gasteiger charge is 2.08. The quantitative estimate of drug-likeness (QED) is 0.828. The van der Waals surface area contributed by atoms with Crippen LogP contribution in [0.4, 0.5) is 8.78 Å². The summed E-state index contributed by atoms with van der Waals surface area (Å²) in [7, 11) is 0. The SMILES string of the molecule is O=c1[nH][nH]cc(CCc2cccc(C(F)F)c2)c1=O. The lowest BCUT2D eigenvalue weighted by molar-refractivity contribution is 0.151. The molecule has 0 unspecified atom stereocenters. The minimum absolute atomic E-state index is 0.0441. The summed E-state index contributed by atoms with van der Waals surface area (Å²) in [5.41, 5.74) is -0.302. The molecule has 0 aliphatic carbocycles.